The second kappa shape index (κ2) is 14.6. The Morgan fingerprint density at radius 1 is 0.927 bits per heavy atom. The van der Waals surface area contributed by atoms with Gasteiger partial charge in [0.15, 0.2) is 0 Å². The summed E-state index contributed by atoms with van der Waals surface area (Å²) < 4.78 is 84.3. The Morgan fingerprint density at radius 2 is 1.44 bits per heavy atom. The molecule has 0 saturated carbocycles. The number of carboxylic acids is 1. The van der Waals surface area contributed by atoms with Gasteiger partial charge < -0.3 is 24.9 Å². The summed E-state index contributed by atoms with van der Waals surface area (Å²) in [5.41, 5.74) is -2.00. The number of carboxylic acid groups (broad SMARTS) is 1. The van der Waals surface area contributed by atoms with E-state index in [1.54, 1.807) is 25.1 Å². The van der Waals surface area contributed by atoms with Crippen LogP contribution < -0.4 is 39.4 Å². The first kappa shape index (κ1) is 37.2. The Bertz CT molecular complexity index is 1150. The van der Waals surface area contributed by atoms with Crippen molar-refractivity contribution in [3.8, 4) is 5.75 Å². The van der Waals surface area contributed by atoms with Gasteiger partial charge in [0.2, 0.25) is 0 Å². The van der Waals surface area contributed by atoms with Crippen LogP contribution in [0.25, 0.3) is 0 Å². The minimum Gasteiger partial charge on any atom is -0.550 e. The summed E-state index contributed by atoms with van der Waals surface area (Å²) in [6.45, 7) is 7.29. The van der Waals surface area contributed by atoms with E-state index in [-0.39, 0.29) is 54.6 Å². The summed E-state index contributed by atoms with van der Waals surface area (Å²) in [5.74, 6) is -0.756. The van der Waals surface area contributed by atoms with Crippen LogP contribution in [0.3, 0.4) is 0 Å². The number of hydrogen-bond acceptors (Lipinski definition) is 5. The van der Waals surface area contributed by atoms with Gasteiger partial charge >= 0.3 is 41.9 Å². The number of aliphatic hydroxyl groups is 2. The fourth-order valence-corrected chi connectivity index (χ4v) is 4.93. The maximum Gasteiger partial charge on any atom is 1.00 e. The Kier molecular flexibility index (Phi) is 13.3. The largest absolute Gasteiger partial charge is 1.00 e. The standard InChI is InChI=1S/C29H36F6O5.Na/c1-5-26(6-2,22-9-11-24(19(4)16-22)40-17-23(36)10-12-25(37)38)21-8-7-20(18(3)15-21)13-14-27(39,28(30,31)32)29(33,34)35;/h7-9,11,15-16,23,36,39H,5-6,10,12-14,17H2,1-4H3,(H,37,38);/q;+1/p-1/t23-;/m0./s1. The van der Waals surface area contributed by atoms with E-state index in [1.807, 2.05) is 32.9 Å². The van der Waals surface area contributed by atoms with E-state index >= 15 is 0 Å². The van der Waals surface area contributed by atoms with E-state index in [4.69, 9.17) is 4.74 Å². The number of aliphatic carboxylic acids is 1. The number of rotatable bonds is 13. The van der Waals surface area contributed by atoms with Crippen molar-refractivity contribution in [1.82, 2.24) is 0 Å². The SMILES string of the molecule is CCC(CC)(c1ccc(CCC(O)(C(F)(F)F)C(F)(F)F)c(C)c1)c1ccc(OC[C@@H](O)CCC(=O)[O-])c(C)c1.[Na+]. The molecule has 0 radical (unpaired) electrons. The molecule has 2 aromatic carbocycles. The van der Waals surface area contributed by atoms with Gasteiger partial charge in [0.25, 0.3) is 5.60 Å². The Balaban J connectivity index is 0.00000840. The first-order valence-corrected chi connectivity index (χ1v) is 13.0. The molecule has 1 atom stereocenters. The minimum absolute atomic E-state index is 0. The molecule has 0 heterocycles. The number of carbonyl (C=O) groups is 1. The van der Waals surface area contributed by atoms with Crippen LogP contribution in [0.2, 0.25) is 0 Å². The number of halogens is 6. The summed E-state index contributed by atoms with van der Waals surface area (Å²) in [4.78, 5) is 10.6. The van der Waals surface area contributed by atoms with Gasteiger partial charge in [0.05, 0.1) is 6.10 Å². The van der Waals surface area contributed by atoms with Gasteiger partial charge in [-0.3, -0.25) is 0 Å². The summed E-state index contributed by atoms with van der Waals surface area (Å²) in [6, 6.07) is 10.5. The van der Waals surface area contributed by atoms with Crippen molar-refractivity contribution in [3.63, 3.8) is 0 Å². The fourth-order valence-electron chi connectivity index (χ4n) is 4.93. The molecule has 0 aliphatic heterocycles. The van der Waals surface area contributed by atoms with Crippen LogP contribution in [0.5, 0.6) is 5.75 Å². The van der Waals surface area contributed by atoms with Crippen molar-refractivity contribution in [2.45, 2.75) is 95.7 Å². The maximum atomic E-state index is 13.1. The summed E-state index contributed by atoms with van der Waals surface area (Å²) in [5, 5.41) is 30.0. The second-order valence-corrected chi connectivity index (χ2v) is 10.1. The molecule has 41 heavy (non-hydrogen) atoms. The first-order chi connectivity index (χ1) is 18.4. The molecule has 0 spiro atoms. The molecule has 0 fully saturated rings. The molecule has 0 unspecified atom stereocenters. The van der Waals surface area contributed by atoms with Gasteiger partial charge in [-0.15, -0.1) is 0 Å². The van der Waals surface area contributed by atoms with Crippen LogP contribution in [0.15, 0.2) is 36.4 Å². The Morgan fingerprint density at radius 3 is 1.88 bits per heavy atom. The third kappa shape index (κ3) is 8.63. The van der Waals surface area contributed by atoms with E-state index in [2.05, 4.69) is 0 Å². The van der Waals surface area contributed by atoms with Gasteiger partial charge in [-0.05, 0) is 86.3 Å². The molecular formula is C29H35F6NaO5. The van der Waals surface area contributed by atoms with Crippen LogP contribution in [0.1, 0.15) is 73.8 Å². The molecule has 2 aromatic rings. The zero-order valence-corrected chi connectivity index (χ0v) is 25.9. The van der Waals surface area contributed by atoms with Gasteiger partial charge in [-0.2, -0.15) is 26.3 Å². The van der Waals surface area contributed by atoms with Crippen LogP contribution in [0, 0.1) is 13.8 Å². The number of aryl methyl sites for hydroxylation is 3. The van der Waals surface area contributed by atoms with Gasteiger partial charge in [0.1, 0.15) is 12.4 Å². The van der Waals surface area contributed by atoms with E-state index < -0.39 is 48.3 Å². The molecule has 0 aliphatic carbocycles. The molecule has 5 nitrogen and oxygen atoms in total. The van der Waals surface area contributed by atoms with Gasteiger partial charge in [-0.1, -0.05) is 44.2 Å². The average Bonchev–Trinajstić information content (AvgIpc) is 2.86. The Labute approximate surface area is 258 Å². The molecular weight excluding hydrogens is 565 g/mol. The Hall–Kier alpha value is -1.79. The molecule has 2 N–H and O–H groups in total. The third-order valence-electron chi connectivity index (χ3n) is 7.64. The van der Waals surface area contributed by atoms with E-state index in [0.717, 1.165) is 16.7 Å². The molecule has 2 rings (SSSR count). The first-order valence-electron chi connectivity index (χ1n) is 13.0. The van der Waals surface area contributed by atoms with Gasteiger partial charge in [-0.25, -0.2) is 0 Å². The average molecular weight is 601 g/mol. The molecule has 0 bridgehead atoms. The van der Waals surface area contributed by atoms with Crippen molar-refractivity contribution >= 4 is 5.97 Å². The predicted octanol–water partition coefficient (Wildman–Crippen LogP) is 2.47. The molecule has 0 aromatic heterocycles. The third-order valence-corrected chi connectivity index (χ3v) is 7.64. The maximum absolute atomic E-state index is 13.1. The minimum atomic E-state index is -5.86. The number of alkyl halides is 6. The second-order valence-electron chi connectivity index (χ2n) is 10.1. The number of hydrogen-bond donors (Lipinski definition) is 2. The smallest absolute Gasteiger partial charge is 0.550 e. The van der Waals surface area contributed by atoms with Crippen LogP contribution in [-0.2, 0) is 16.6 Å². The van der Waals surface area contributed by atoms with Crippen molar-refractivity contribution < 1.29 is 80.8 Å². The molecule has 0 amide bonds. The zero-order chi connectivity index (χ0) is 30.5. The van der Waals surface area contributed by atoms with Crippen molar-refractivity contribution in [1.29, 1.82) is 0 Å². The fraction of sp³-hybridized carbons (Fsp3) is 0.552. The normalized spacial score (nSPS) is 13.5. The van der Waals surface area contributed by atoms with E-state index in [9.17, 15) is 46.5 Å². The van der Waals surface area contributed by atoms with E-state index in [1.165, 1.54) is 6.07 Å². The molecule has 0 saturated heterocycles. The van der Waals surface area contributed by atoms with Crippen LogP contribution in [-0.4, -0.2) is 46.8 Å². The monoisotopic (exact) mass is 600 g/mol. The van der Waals surface area contributed by atoms with E-state index in [0.29, 0.717) is 24.2 Å². The van der Waals surface area contributed by atoms with Crippen LogP contribution in [0.4, 0.5) is 26.3 Å². The van der Waals surface area contributed by atoms with Crippen LogP contribution >= 0.6 is 0 Å². The number of ether oxygens (including phenoxy) is 1. The zero-order valence-electron chi connectivity index (χ0n) is 23.9. The quantitative estimate of drug-likeness (QED) is 0.273. The van der Waals surface area contributed by atoms with Gasteiger partial charge in [0, 0.05) is 11.4 Å². The van der Waals surface area contributed by atoms with Crippen molar-refractivity contribution in [2.75, 3.05) is 6.61 Å². The molecule has 12 heteroatoms. The number of benzene rings is 2. The van der Waals surface area contributed by atoms with Crippen molar-refractivity contribution in [2.24, 2.45) is 0 Å². The van der Waals surface area contributed by atoms with Crippen molar-refractivity contribution in [3.05, 3.63) is 64.2 Å². The summed E-state index contributed by atoms with van der Waals surface area (Å²) in [7, 11) is 0. The number of aliphatic hydroxyl groups excluding tert-OH is 1. The summed E-state index contributed by atoms with van der Waals surface area (Å²) in [6.07, 6.45) is -13.9. The molecule has 0 aliphatic rings. The topological polar surface area (TPSA) is 89.8 Å². The predicted molar refractivity (Wildman–Crippen MR) is 135 cm³/mol. The molecule has 224 valence electrons. The number of carbonyl (C=O) groups excluding carboxylic acids is 1. The summed E-state index contributed by atoms with van der Waals surface area (Å²) >= 11 is 0.